The summed E-state index contributed by atoms with van der Waals surface area (Å²) in [5, 5.41) is 37.4. The van der Waals surface area contributed by atoms with E-state index in [4.69, 9.17) is 0 Å². The smallest absolute Gasteiger partial charge is 0.126 e. The second-order valence-electron chi connectivity index (χ2n) is 6.20. The fraction of sp³-hybridized carbons (Fsp3) is 0.667. The molecule has 0 unspecified atom stereocenters. The SMILES string of the molecule is Cc1cccc(N[C@@H]2[C@@H](O)[C@@H](O)[C@H](O)C23CCNCC3)n1. The molecule has 2 heterocycles. The van der Waals surface area contributed by atoms with E-state index in [2.05, 4.69) is 15.6 Å². The fourth-order valence-corrected chi connectivity index (χ4v) is 3.76. The molecule has 2 fully saturated rings. The van der Waals surface area contributed by atoms with E-state index in [1.165, 1.54) is 0 Å². The first-order valence-electron chi connectivity index (χ1n) is 7.50. The molecule has 1 aromatic rings. The Labute approximate surface area is 124 Å². The topological polar surface area (TPSA) is 97.6 Å². The monoisotopic (exact) mass is 293 g/mol. The van der Waals surface area contributed by atoms with Crippen molar-refractivity contribution in [2.45, 2.75) is 44.1 Å². The van der Waals surface area contributed by atoms with E-state index in [1.807, 2.05) is 25.1 Å². The standard InChI is InChI=1S/C15H23N3O3/c1-9-3-2-4-10(17-9)18-13-11(19)12(20)14(21)15(13)5-7-16-8-6-15/h2-4,11-14,16,19-21H,5-8H2,1H3,(H,17,18)/t11-,12+,13+,14-/m0/s1. The first-order chi connectivity index (χ1) is 10.0. The summed E-state index contributed by atoms with van der Waals surface area (Å²) < 4.78 is 0. The number of hydrogen-bond acceptors (Lipinski definition) is 6. The minimum atomic E-state index is -1.12. The lowest BCUT2D eigenvalue weighted by Gasteiger charge is -2.42. The fourth-order valence-electron chi connectivity index (χ4n) is 3.76. The third-order valence-electron chi connectivity index (χ3n) is 4.95. The number of nitrogens with one attached hydrogen (secondary N) is 2. The van der Waals surface area contributed by atoms with Crippen molar-refractivity contribution in [2.24, 2.45) is 5.41 Å². The van der Waals surface area contributed by atoms with Gasteiger partial charge in [-0.25, -0.2) is 4.98 Å². The second-order valence-corrected chi connectivity index (χ2v) is 6.20. The molecule has 1 aliphatic carbocycles. The minimum Gasteiger partial charge on any atom is -0.390 e. The summed E-state index contributed by atoms with van der Waals surface area (Å²) in [5.41, 5.74) is 0.364. The molecule has 6 nitrogen and oxygen atoms in total. The number of aliphatic hydroxyl groups is 3. The van der Waals surface area contributed by atoms with E-state index in [-0.39, 0.29) is 0 Å². The minimum absolute atomic E-state index is 0.404. The number of nitrogens with zero attached hydrogens (tertiary/aromatic N) is 1. The molecule has 1 saturated carbocycles. The van der Waals surface area contributed by atoms with Gasteiger partial charge in [0.1, 0.15) is 18.0 Å². The molecule has 3 rings (SSSR count). The van der Waals surface area contributed by atoms with E-state index in [0.717, 1.165) is 18.8 Å². The van der Waals surface area contributed by atoms with E-state index in [1.54, 1.807) is 0 Å². The largest absolute Gasteiger partial charge is 0.390 e. The third kappa shape index (κ3) is 2.42. The van der Waals surface area contributed by atoms with Gasteiger partial charge >= 0.3 is 0 Å². The molecule has 0 radical (unpaired) electrons. The summed E-state index contributed by atoms with van der Waals surface area (Å²) in [5.74, 6) is 0.665. The zero-order valence-corrected chi connectivity index (χ0v) is 12.2. The van der Waals surface area contributed by atoms with Gasteiger partial charge in [0, 0.05) is 11.1 Å². The Hall–Kier alpha value is -1.21. The van der Waals surface area contributed by atoms with E-state index in [9.17, 15) is 15.3 Å². The highest BCUT2D eigenvalue weighted by Gasteiger charge is 2.59. The van der Waals surface area contributed by atoms with Crippen LogP contribution in [0.4, 0.5) is 5.82 Å². The molecule has 4 atom stereocenters. The van der Waals surface area contributed by atoms with Gasteiger partial charge in [-0.1, -0.05) is 6.07 Å². The van der Waals surface area contributed by atoms with Gasteiger partial charge in [-0.3, -0.25) is 0 Å². The van der Waals surface area contributed by atoms with Gasteiger partial charge in [-0.2, -0.15) is 0 Å². The van der Waals surface area contributed by atoms with Crippen LogP contribution >= 0.6 is 0 Å². The van der Waals surface area contributed by atoms with Crippen LogP contribution < -0.4 is 10.6 Å². The number of anilines is 1. The van der Waals surface area contributed by atoms with Crippen LogP contribution in [0.5, 0.6) is 0 Å². The van der Waals surface area contributed by atoms with Crippen molar-refractivity contribution in [3.8, 4) is 0 Å². The second kappa shape index (κ2) is 5.53. The zero-order chi connectivity index (χ0) is 15.0. The van der Waals surface area contributed by atoms with Crippen LogP contribution in [0.1, 0.15) is 18.5 Å². The number of aromatic nitrogens is 1. The Kier molecular flexibility index (Phi) is 3.88. The quantitative estimate of drug-likeness (QED) is 0.511. The molecule has 0 aromatic carbocycles. The van der Waals surface area contributed by atoms with Crippen LogP contribution in [-0.4, -0.2) is 57.7 Å². The molecule has 5 N–H and O–H groups in total. The highest BCUT2D eigenvalue weighted by Crippen LogP contribution is 2.46. The molecule has 1 aromatic heterocycles. The zero-order valence-electron chi connectivity index (χ0n) is 12.2. The molecule has 1 saturated heterocycles. The molecular formula is C15H23N3O3. The van der Waals surface area contributed by atoms with Crippen LogP contribution in [0.2, 0.25) is 0 Å². The normalized spacial score (nSPS) is 35.0. The summed E-state index contributed by atoms with van der Waals surface area (Å²) in [6, 6.07) is 5.23. The summed E-state index contributed by atoms with van der Waals surface area (Å²) >= 11 is 0. The van der Waals surface area contributed by atoms with Gasteiger partial charge < -0.3 is 26.0 Å². The van der Waals surface area contributed by atoms with Crippen LogP contribution in [-0.2, 0) is 0 Å². The molecule has 2 aliphatic rings. The first-order valence-corrected chi connectivity index (χ1v) is 7.50. The Morgan fingerprint density at radius 3 is 2.57 bits per heavy atom. The number of rotatable bonds is 2. The Bertz CT molecular complexity index is 505. The lowest BCUT2D eigenvalue weighted by Crippen LogP contribution is -2.52. The van der Waals surface area contributed by atoms with Gasteiger partial charge in [0.15, 0.2) is 0 Å². The van der Waals surface area contributed by atoms with E-state index < -0.39 is 29.8 Å². The summed E-state index contributed by atoms with van der Waals surface area (Å²) in [6.45, 7) is 3.45. The van der Waals surface area contributed by atoms with Crippen molar-refractivity contribution < 1.29 is 15.3 Å². The molecular weight excluding hydrogens is 270 g/mol. The third-order valence-corrected chi connectivity index (χ3v) is 4.95. The maximum absolute atomic E-state index is 10.4. The highest BCUT2D eigenvalue weighted by atomic mass is 16.4. The van der Waals surface area contributed by atoms with Crippen molar-refractivity contribution in [3.05, 3.63) is 23.9 Å². The molecule has 1 spiro atoms. The summed E-state index contributed by atoms with van der Waals surface area (Å²) in [6.07, 6.45) is -1.61. The van der Waals surface area contributed by atoms with Crippen LogP contribution in [0.15, 0.2) is 18.2 Å². The Balaban J connectivity index is 1.90. The molecule has 116 valence electrons. The van der Waals surface area contributed by atoms with E-state index >= 15 is 0 Å². The van der Waals surface area contributed by atoms with Crippen molar-refractivity contribution in [3.63, 3.8) is 0 Å². The number of hydrogen-bond donors (Lipinski definition) is 5. The predicted molar refractivity (Wildman–Crippen MR) is 78.9 cm³/mol. The highest BCUT2D eigenvalue weighted by molar-refractivity contribution is 5.39. The number of aryl methyl sites for hydroxylation is 1. The van der Waals surface area contributed by atoms with Crippen LogP contribution in [0.25, 0.3) is 0 Å². The molecule has 6 heteroatoms. The van der Waals surface area contributed by atoms with Gasteiger partial charge in [0.25, 0.3) is 0 Å². The number of pyridine rings is 1. The van der Waals surface area contributed by atoms with Crippen molar-refractivity contribution in [1.82, 2.24) is 10.3 Å². The summed E-state index contributed by atoms with van der Waals surface area (Å²) in [7, 11) is 0. The maximum Gasteiger partial charge on any atom is 0.126 e. The van der Waals surface area contributed by atoms with Crippen molar-refractivity contribution >= 4 is 5.82 Å². The summed E-state index contributed by atoms with van der Waals surface area (Å²) in [4.78, 5) is 4.40. The molecule has 0 bridgehead atoms. The van der Waals surface area contributed by atoms with Crippen molar-refractivity contribution in [1.29, 1.82) is 0 Å². The van der Waals surface area contributed by atoms with Gasteiger partial charge in [0.2, 0.25) is 0 Å². The first kappa shape index (κ1) is 14.7. The lowest BCUT2D eigenvalue weighted by molar-refractivity contribution is -0.0515. The number of piperidine rings is 1. The van der Waals surface area contributed by atoms with E-state index in [0.29, 0.717) is 18.7 Å². The van der Waals surface area contributed by atoms with Crippen LogP contribution in [0.3, 0.4) is 0 Å². The Morgan fingerprint density at radius 2 is 1.90 bits per heavy atom. The number of aliphatic hydroxyl groups excluding tert-OH is 3. The predicted octanol–water partition coefficient (Wildman–Crippen LogP) is -0.363. The molecule has 1 aliphatic heterocycles. The lowest BCUT2D eigenvalue weighted by atomic mass is 9.72. The van der Waals surface area contributed by atoms with Gasteiger partial charge in [-0.15, -0.1) is 0 Å². The van der Waals surface area contributed by atoms with Gasteiger partial charge in [-0.05, 0) is 45.0 Å². The van der Waals surface area contributed by atoms with Crippen molar-refractivity contribution in [2.75, 3.05) is 18.4 Å². The average molecular weight is 293 g/mol. The average Bonchev–Trinajstić information content (AvgIpc) is 2.65. The van der Waals surface area contributed by atoms with Crippen LogP contribution in [0, 0.1) is 12.3 Å². The Morgan fingerprint density at radius 1 is 1.19 bits per heavy atom. The molecule has 21 heavy (non-hydrogen) atoms. The maximum atomic E-state index is 10.4. The molecule has 0 amide bonds. The van der Waals surface area contributed by atoms with Gasteiger partial charge in [0.05, 0.1) is 12.1 Å².